The van der Waals surface area contributed by atoms with Gasteiger partial charge < -0.3 is 0 Å². The Hall–Kier alpha value is 1.44. The van der Waals surface area contributed by atoms with E-state index in [0.717, 1.165) is 6.29 Å². The van der Waals surface area contributed by atoms with Crippen molar-refractivity contribution in [3.05, 3.63) is 0 Å². The molecule has 0 aliphatic carbocycles. The molecule has 0 saturated heterocycles. The molecule has 0 aromatic heterocycles. The number of rotatable bonds is 5. The summed E-state index contributed by atoms with van der Waals surface area (Å²) in [5, 5.41) is 3.08. The maximum atomic E-state index is 3.38. The Kier molecular flexibility index (Phi) is 6.76. The van der Waals surface area contributed by atoms with Crippen LogP contribution in [0.15, 0.2) is 0 Å². The lowest BCUT2D eigenvalue weighted by atomic mass is 9.67. The molecule has 0 aliphatic heterocycles. The smallest absolute Gasteiger partial charge is 0.284 e. The second-order valence-corrected chi connectivity index (χ2v) is 9.71. The third-order valence-electron chi connectivity index (χ3n) is 0.904. The Morgan fingerprint density at radius 1 is 1.45 bits per heavy atom. The largest absolute Gasteiger partial charge is 0.287 e. The lowest BCUT2D eigenvalue weighted by Crippen LogP contribution is -2.43. The summed E-state index contributed by atoms with van der Waals surface area (Å²) in [5.74, 6) is 1.86. The summed E-state index contributed by atoms with van der Waals surface area (Å²) < 4.78 is 0. The van der Waals surface area contributed by atoms with Gasteiger partial charge in [0, 0.05) is 27.3 Å². The minimum atomic E-state index is -0.706. The van der Waals surface area contributed by atoms with Crippen molar-refractivity contribution in [3.63, 3.8) is 0 Å². The average Bonchev–Trinajstić information content (AvgIpc) is 1.85. The highest BCUT2D eigenvalue weighted by atomic mass is 79.9. The van der Waals surface area contributed by atoms with Crippen LogP contribution < -0.4 is 10.8 Å². The molecule has 0 amide bonds. The van der Waals surface area contributed by atoms with Crippen LogP contribution in [0.25, 0.3) is 0 Å². The van der Waals surface area contributed by atoms with Crippen molar-refractivity contribution in [2.24, 2.45) is 0 Å². The van der Waals surface area contributed by atoms with Gasteiger partial charge in [0.25, 0.3) is 5.56 Å². The molecule has 2 nitrogen and oxygen atoms in total. The van der Waals surface area contributed by atoms with Gasteiger partial charge >= 0.3 is 0 Å². The third-order valence-corrected chi connectivity index (χ3v) is 3.74. The predicted octanol–water partition coefficient (Wildman–Crippen LogP) is 1.34. The monoisotopic (exact) mass is 300 g/mol. The molecule has 0 unspecified atom stereocenters. The summed E-state index contributed by atoms with van der Waals surface area (Å²) in [5.41, 5.74) is 3.36. The van der Waals surface area contributed by atoms with E-state index in [2.05, 4.69) is 62.3 Å². The molecule has 63 valence electrons. The fraction of sp³-hybridized carbons (Fsp3) is 1.00. The molecule has 7 heteroatoms. The summed E-state index contributed by atoms with van der Waals surface area (Å²) in [6, 6.07) is 0. The van der Waals surface area contributed by atoms with E-state index in [9.17, 15) is 0 Å². The van der Waals surface area contributed by atoms with Crippen LogP contribution in [0, 0.1) is 0 Å². The van der Waals surface area contributed by atoms with Crippen molar-refractivity contribution in [1.29, 1.82) is 0 Å². The van der Waals surface area contributed by atoms with Crippen molar-refractivity contribution in [3.8, 4) is 0 Å². The van der Waals surface area contributed by atoms with E-state index >= 15 is 0 Å². The van der Waals surface area contributed by atoms with Crippen LogP contribution in [0.4, 0.5) is 0 Å². The Balaban J connectivity index is 3.28. The van der Waals surface area contributed by atoms with E-state index in [1.807, 2.05) is 5.99 Å². The molecular formula is C4H13B2Br2N2P+. The van der Waals surface area contributed by atoms with Crippen molar-refractivity contribution < 1.29 is 0 Å². The molecule has 0 bridgehead atoms. The highest BCUT2D eigenvalue weighted by Gasteiger charge is 2.17. The van der Waals surface area contributed by atoms with Crippen LogP contribution in [-0.4, -0.2) is 37.8 Å². The third kappa shape index (κ3) is 9.35. The number of hydrogen-bond donors (Lipinski definition) is 2. The van der Waals surface area contributed by atoms with Crippen LogP contribution >= 0.6 is 38.8 Å². The number of nitrogens with one attached hydrogen (secondary N) is 2. The van der Waals surface area contributed by atoms with E-state index in [1.165, 1.54) is 0 Å². The molecule has 0 rings (SSSR count). The minimum Gasteiger partial charge on any atom is -0.287 e. The molecular weight excluding hydrogens is 288 g/mol. The highest BCUT2D eigenvalue weighted by molar-refractivity contribution is 9.33. The summed E-state index contributed by atoms with van der Waals surface area (Å²) in [6.45, 7) is 6.88. The van der Waals surface area contributed by atoms with Gasteiger partial charge in [0.2, 0.25) is 5.99 Å². The molecule has 0 saturated carbocycles. The SMILES string of the molecule is C[P+](C)(C)CNNB(Br)[B]Br. The zero-order valence-corrected chi connectivity index (χ0v) is 11.1. The molecule has 0 aromatic rings. The van der Waals surface area contributed by atoms with E-state index in [1.54, 1.807) is 0 Å². The Morgan fingerprint density at radius 3 is 2.36 bits per heavy atom. The maximum Gasteiger partial charge on any atom is 0.284 e. The lowest BCUT2D eigenvalue weighted by molar-refractivity contribution is 0.769. The van der Waals surface area contributed by atoms with Gasteiger partial charge in [-0.3, -0.25) is 5.34 Å². The zero-order chi connectivity index (χ0) is 8.91. The molecule has 2 N–H and O–H groups in total. The van der Waals surface area contributed by atoms with Crippen LogP contribution in [-0.2, 0) is 0 Å². The summed E-state index contributed by atoms with van der Waals surface area (Å²) in [4.78, 5) is 0. The second-order valence-electron chi connectivity index (χ2n) is 3.30. The number of hydrogen-bond acceptors (Lipinski definition) is 2. The molecule has 0 aromatic carbocycles. The first kappa shape index (κ1) is 12.4. The zero-order valence-electron chi connectivity index (χ0n) is 7.06. The normalized spacial score (nSPS) is 11.4. The Labute approximate surface area is 87.2 Å². The maximum absolute atomic E-state index is 3.38. The standard InChI is InChI=1S/C4H13B2Br2N2P/c1-11(2,3)4-9-10-6(8)5-7/h9-10H,4H2,1-3H3/q+1. The molecule has 11 heavy (non-hydrogen) atoms. The number of halogens is 2. The summed E-state index contributed by atoms with van der Waals surface area (Å²) in [7, 11) is -0.706. The minimum absolute atomic E-state index is 0.189. The molecule has 0 spiro atoms. The van der Waals surface area contributed by atoms with Crippen LogP contribution in [0.3, 0.4) is 0 Å². The van der Waals surface area contributed by atoms with Gasteiger partial charge in [0.05, 0.1) is 0 Å². The van der Waals surface area contributed by atoms with Crippen molar-refractivity contribution >= 4 is 50.3 Å². The Morgan fingerprint density at radius 2 is 2.00 bits per heavy atom. The van der Waals surface area contributed by atoms with Gasteiger partial charge in [0.1, 0.15) is 6.29 Å². The fourth-order valence-corrected chi connectivity index (χ4v) is 1.27. The first-order valence-electron chi connectivity index (χ1n) is 3.32. The summed E-state index contributed by atoms with van der Waals surface area (Å²) in [6.07, 6.45) is 1.05. The van der Waals surface area contributed by atoms with E-state index < -0.39 is 7.26 Å². The second kappa shape index (κ2) is 5.98. The van der Waals surface area contributed by atoms with Gasteiger partial charge in [-0.05, 0) is 0 Å². The Bertz CT molecular complexity index is 111. The van der Waals surface area contributed by atoms with E-state index in [4.69, 9.17) is 0 Å². The molecule has 0 fully saturated rings. The van der Waals surface area contributed by atoms with Gasteiger partial charge in [0.15, 0.2) is 0 Å². The van der Waals surface area contributed by atoms with Gasteiger partial charge in [-0.1, -0.05) is 0 Å². The van der Waals surface area contributed by atoms with Crippen LogP contribution in [0.2, 0.25) is 0 Å². The lowest BCUT2D eigenvalue weighted by Gasteiger charge is -2.14. The first-order valence-corrected chi connectivity index (χ1v) is 8.47. The quantitative estimate of drug-likeness (QED) is 0.455. The number of hydrazine groups is 1. The van der Waals surface area contributed by atoms with Crippen LogP contribution in [0.1, 0.15) is 0 Å². The molecule has 0 heterocycles. The van der Waals surface area contributed by atoms with Crippen molar-refractivity contribution in [2.75, 3.05) is 26.3 Å². The predicted molar refractivity (Wildman–Crippen MR) is 65.2 cm³/mol. The highest BCUT2D eigenvalue weighted by Crippen LogP contribution is 2.44. The van der Waals surface area contributed by atoms with E-state index in [-0.39, 0.29) is 5.56 Å². The van der Waals surface area contributed by atoms with Crippen molar-refractivity contribution in [1.82, 2.24) is 10.8 Å². The summed E-state index contributed by atoms with van der Waals surface area (Å²) >= 11 is 6.61. The topological polar surface area (TPSA) is 24.1 Å². The van der Waals surface area contributed by atoms with Gasteiger partial charge in [-0.15, -0.1) is 15.8 Å². The molecule has 1 radical (unpaired) electrons. The van der Waals surface area contributed by atoms with Crippen molar-refractivity contribution in [2.45, 2.75) is 0 Å². The average molecular weight is 302 g/mol. The first-order chi connectivity index (χ1) is 4.95. The fourth-order valence-electron chi connectivity index (χ4n) is 0.412. The van der Waals surface area contributed by atoms with E-state index in [0.29, 0.717) is 0 Å². The molecule has 0 atom stereocenters. The molecule has 0 aliphatic rings. The van der Waals surface area contributed by atoms with Gasteiger partial charge in [-0.2, -0.15) is 15.8 Å². The van der Waals surface area contributed by atoms with Crippen LogP contribution in [0.5, 0.6) is 0 Å². The van der Waals surface area contributed by atoms with Gasteiger partial charge in [-0.25, -0.2) is 5.43 Å².